The van der Waals surface area contributed by atoms with Crippen molar-refractivity contribution in [1.82, 2.24) is 0 Å². The molecule has 0 heterocycles. The number of rotatable bonds is 8. The van der Waals surface area contributed by atoms with E-state index in [-0.39, 0.29) is 11.1 Å². The molecule has 0 fully saturated rings. The minimum atomic E-state index is -0.990. The summed E-state index contributed by atoms with van der Waals surface area (Å²) >= 11 is 0. The second-order valence-electron chi connectivity index (χ2n) is 10.3. The fourth-order valence-corrected chi connectivity index (χ4v) is 6.06. The van der Waals surface area contributed by atoms with Crippen LogP contribution in [0.15, 0.2) is 60.7 Å². The van der Waals surface area contributed by atoms with Gasteiger partial charge in [-0.05, 0) is 58.4 Å². The van der Waals surface area contributed by atoms with Crippen LogP contribution < -0.4 is 0 Å². The highest BCUT2D eigenvalue weighted by atomic mass is 19.2. The van der Waals surface area contributed by atoms with Gasteiger partial charge < -0.3 is 0 Å². The number of hydrogen-bond donors (Lipinski definition) is 0. The van der Waals surface area contributed by atoms with Gasteiger partial charge in [0.05, 0.1) is 11.1 Å². The van der Waals surface area contributed by atoms with Crippen LogP contribution >= 0.6 is 0 Å². The van der Waals surface area contributed by atoms with E-state index in [0.717, 1.165) is 60.8 Å². The van der Waals surface area contributed by atoms with Gasteiger partial charge in [-0.25, -0.2) is 26.3 Å². The van der Waals surface area contributed by atoms with Gasteiger partial charge in [-0.15, -0.1) is 0 Å². The van der Waals surface area contributed by atoms with Gasteiger partial charge in [0, 0.05) is 29.7 Å². The Morgan fingerprint density at radius 1 is 0.513 bits per heavy atom. The molecule has 0 bridgehead atoms. The van der Waals surface area contributed by atoms with Crippen molar-refractivity contribution in [3.63, 3.8) is 0 Å². The van der Waals surface area contributed by atoms with Gasteiger partial charge in [-0.3, -0.25) is 0 Å². The Hall–Kier alpha value is -3.54. The van der Waals surface area contributed by atoms with Crippen LogP contribution in [0.25, 0.3) is 33.4 Å². The predicted octanol–water partition coefficient (Wildman–Crippen LogP) is 10.5. The van der Waals surface area contributed by atoms with Crippen LogP contribution in [0, 0.1) is 34.9 Å². The summed E-state index contributed by atoms with van der Waals surface area (Å²) in [5, 5.41) is 0. The molecule has 4 aromatic carbocycles. The van der Waals surface area contributed by atoms with Crippen molar-refractivity contribution in [2.24, 2.45) is 0 Å². The molecule has 0 radical (unpaired) electrons. The van der Waals surface area contributed by atoms with Crippen LogP contribution in [-0.2, 0) is 5.41 Å². The molecule has 6 heteroatoms. The molecule has 0 unspecified atom stereocenters. The molecular weight excluding hydrogens is 510 g/mol. The number of unbranched alkanes of at least 4 members (excludes halogenated alkanes) is 2. The van der Waals surface area contributed by atoms with Crippen LogP contribution in [-0.4, -0.2) is 0 Å². The molecular formula is C33H28F6. The Bertz CT molecular complexity index is 1390. The van der Waals surface area contributed by atoms with E-state index >= 15 is 0 Å². The van der Waals surface area contributed by atoms with Crippen molar-refractivity contribution in [2.45, 2.75) is 57.8 Å². The Morgan fingerprint density at radius 2 is 0.872 bits per heavy atom. The zero-order valence-electron chi connectivity index (χ0n) is 21.8. The van der Waals surface area contributed by atoms with Gasteiger partial charge in [0.25, 0.3) is 0 Å². The average Bonchev–Trinajstić information content (AvgIpc) is 3.14. The minimum absolute atomic E-state index is 0.296. The molecule has 1 aliphatic carbocycles. The van der Waals surface area contributed by atoms with E-state index in [2.05, 4.69) is 13.8 Å². The molecule has 5 rings (SSSR count). The van der Waals surface area contributed by atoms with Crippen LogP contribution in [0.5, 0.6) is 0 Å². The molecule has 4 aromatic rings. The summed E-state index contributed by atoms with van der Waals surface area (Å²) in [4.78, 5) is 0. The van der Waals surface area contributed by atoms with Crippen LogP contribution in [0.1, 0.15) is 63.5 Å². The Kier molecular flexibility index (Phi) is 7.32. The van der Waals surface area contributed by atoms with Crippen molar-refractivity contribution in [2.75, 3.05) is 0 Å². The third-order valence-corrected chi connectivity index (χ3v) is 7.87. The molecule has 0 spiro atoms. The summed E-state index contributed by atoms with van der Waals surface area (Å²) in [6.45, 7) is 4.15. The fraction of sp³-hybridized carbons (Fsp3) is 0.273. The van der Waals surface area contributed by atoms with Gasteiger partial charge in [0.1, 0.15) is 34.9 Å². The zero-order valence-corrected chi connectivity index (χ0v) is 21.8. The Balaban J connectivity index is 1.75. The van der Waals surface area contributed by atoms with Gasteiger partial charge in [-0.2, -0.15) is 0 Å². The standard InChI is InChI=1S/C33H28F6/c1-3-5-11-33(12-6-4-2)25-13-19(31-27(36)15-21(34)16-28(31)37)7-9-23(25)24-10-8-20(14-26(24)33)32-29(38)17-22(35)18-30(32)39/h7-10,13-18H,3-6,11-12H2,1-2H3. The molecule has 0 nitrogen and oxygen atoms in total. The smallest absolute Gasteiger partial charge is 0.136 e. The lowest BCUT2D eigenvalue weighted by Crippen LogP contribution is -2.25. The highest BCUT2D eigenvalue weighted by Gasteiger charge is 2.42. The molecule has 0 amide bonds. The van der Waals surface area contributed by atoms with Crippen molar-refractivity contribution in [3.05, 3.63) is 107 Å². The number of hydrogen-bond acceptors (Lipinski definition) is 0. The number of fused-ring (bicyclic) bond motifs is 3. The zero-order chi connectivity index (χ0) is 27.9. The second kappa shape index (κ2) is 10.6. The van der Waals surface area contributed by atoms with Crippen LogP contribution in [0.4, 0.5) is 26.3 Å². The minimum Gasteiger partial charge on any atom is -0.207 e. The topological polar surface area (TPSA) is 0 Å². The fourth-order valence-electron chi connectivity index (χ4n) is 6.06. The summed E-state index contributed by atoms with van der Waals surface area (Å²) in [7, 11) is 0. The molecule has 39 heavy (non-hydrogen) atoms. The van der Waals surface area contributed by atoms with Gasteiger partial charge in [0.2, 0.25) is 0 Å². The highest BCUT2D eigenvalue weighted by molar-refractivity contribution is 5.86. The molecule has 202 valence electrons. The van der Waals surface area contributed by atoms with Crippen molar-refractivity contribution >= 4 is 0 Å². The quantitative estimate of drug-likeness (QED) is 0.196. The third-order valence-electron chi connectivity index (χ3n) is 7.87. The van der Waals surface area contributed by atoms with E-state index in [1.165, 1.54) is 0 Å². The molecule has 1 aliphatic rings. The normalized spacial score (nSPS) is 13.4. The summed E-state index contributed by atoms with van der Waals surface area (Å²) in [5.74, 6) is -5.92. The monoisotopic (exact) mass is 538 g/mol. The Morgan fingerprint density at radius 3 is 1.21 bits per heavy atom. The Labute approximate surface area is 224 Å². The molecule has 0 aliphatic heterocycles. The summed E-state index contributed by atoms with van der Waals surface area (Å²) in [6, 6.07) is 13.1. The molecule has 0 atom stereocenters. The van der Waals surface area contributed by atoms with Crippen molar-refractivity contribution < 1.29 is 26.3 Å². The van der Waals surface area contributed by atoms with Crippen molar-refractivity contribution in [3.8, 4) is 33.4 Å². The largest absolute Gasteiger partial charge is 0.207 e. The van der Waals surface area contributed by atoms with E-state index < -0.39 is 40.3 Å². The summed E-state index contributed by atoms with van der Waals surface area (Å²) in [6.07, 6.45) is 4.96. The maximum Gasteiger partial charge on any atom is 0.136 e. The van der Waals surface area contributed by atoms with Crippen molar-refractivity contribution in [1.29, 1.82) is 0 Å². The first-order chi connectivity index (χ1) is 18.7. The predicted molar refractivity (Wildman–Crippen MR) is 142 cm³/mol. The lowest BCUT2D eigenvalue weighted by Gasteiger charge is -2.33. The number of halogens is 6. The van der Waals surface area contributed by atoms with E-state index in [9.17, 15) is 26.3 Å². The first kappa shape index (κ1) is 27.0. The third kappa shape index (κ3) is 4.64. The van der Waals surface area contributed by atoms with Crippen LogP contribution in [0.2, 0.25) is 0 Å². The van der Waals surface area contributed by atoms with E-state index in [0.29, 0.717) is 35.4 Å². The molecule has 0 saturated carbocycles. The van der Waals surface area contributed by atoms with Gasteiger partial charge >= 0.3 is 0 Å². The van der Waals surface area contributed by atoms with Crippen LogP contribution in [0.3, 0.4) is 0 Å². The SMILES string of the molecule is CCCCC1(CCCC)c2cc(-c3c(F)cc(F)cc3F)ccc2-c2ccc(-c3c(F)cc(F)cc3F)cc21. The lowest BCUT2D eigenvalue weighted by molar-refractivity contribution is 0.414. The first-order valence-corrected chi connectivity index (χ1v) is 13.3. The summed E-state index contributed by atoms with van der Waals surface area (Å²) in [5.41, 5.74) is 2.97. The van der Waals surface area contributed by atoms with Gasteiger partial charge in [-0.1, -0.05) is 63.8 Å². The first-order valence-electron chi connectivity index (χ1n) is 13.3. The van der Waals surface area contributed by atoms with E-state index in [1.807, 2.05) is 12.1 Å². The lowest BCUT2D eigenvalue weighted by atomic mass is 9.70. The van der Waals surface area contributed by atoms with Gasteiger partial charge in [0.15, 0.2) is 0 Å². The molecule has 0 saturated heterocycles. The number of benzene rings is 4. The summed E-state index contributed by atoms with van der Waals surface area (Å²) < 4.78 is 86.4. The maximum absolute atomic E-state index is 14.8. The maximum atomic E-state index is 14.8. The molecule has 0 aromatic heterocycles. The van der Waals surface area contributed by atoms with E-state index in [1.54, 1.807) is 24.3 Å². The second-order valence-corrected chi connectivity index (χ2v) is 10.3. The van der Waals surface area contributed by atoms with E-state index in [4.69, 9.17) is 0 Å². The average molecular weight is 539 g/mol. The highest BCUT2D eigenvalue weighted by Crippen LogP contribution is 2.56. The molecule has 0 N–H and O–H groups in total.